The van der Waals surface area contributed by atoms with E-state index < -0.39 is 16.1 Å². The van der Waals surface area contributed by atoms with Crippen LogP contribution in [0.25, 0.3) is 0 Å². The molecule has 0 N–H and O–H groups in total. The summed E-state index contributed by atoms with van der Waals surface area (Å²) >= 11 is 0. The van der Waals surface area contributed by atoms with E-state index in [4.69, 9.17) is 4.74 Å². The molecule has 0 aromatic carbocycles. The summed E-state index contributed by atoms with van der Waals surface area (Å²) in [5.74, 6) is -0.383. The van der Waals surface area contributed by atoms with Crippen molar-refractivity contribution in [3.8, 4) is 0 Å². The summed E-state index contributed by atoms with van der Waals surface area (Å²) in [7, 11) is -3.37. The van der Waals surface area contributed by atoms with E-state index in [0.717, 1.165) is 44.9 Å². The second-order valence-corrected chi connectivity index (χ2v) is 7.84. The molecule has 2 rings (SSSR count). The van der Waals surface area contributed by atoms with Gasteiger partial charge in [-0.05, 0) is 39.0 Å². The standard InChI is InChI=1S/C14H25NO4S/c1-2-19-14(16)13-10-6-7-11-15(13)20(17,18)12-8-4-3-5-9-12/h12-13H,2-11H2,1H3. The highest BCUT2D eigenvalue weighted by atomic mass is 32.2. The summed E-state index contributed by atoms with van der Waals surface area (Å²) in [6, 6.07) is -0.601. The van der Waals surface area contributed by atoms with Crippen molar-refractivity contribution in [1.29, 1.82) is 0 Å². The molecule has 0 aromatic heterocycles. The number of rotatable bonds is 4. The predicted octanol–water partition coefficient (Wildman–Crippen LogP) is 2.07. The maximum Gasteiger partial charge on any atom is 0.324 e. The summed E-state index contributed by atoms with van der Waals surface area (Å²) in [5.41, 5.74) is 0. The van der Waals surface area contributed by atoms with Gasteiger partial charge in [-0.1, -0.05) is 19.3 Å². The SMILES string of the molecule is CCOC(=O)C1CCCCN1S(=O)(=O)C1CCCCC1. The molecule has 0 radical (unpaired) electrons. The number of sulfonamides is 1. The van der Waals surface area contributed by atoms with Crippen LogP contribution >= 0.6 is 0 Å². The molecule has 116 valence electrons. The van der Waals surface area contributed by atoms with Gasteiger partial charge < -0.3 is 4.74 Å². The van der Waals surface area contributed by atoms with Crippen LogP contribution < -0.4 is 0 Å². The zero-order chi connectivity index (χ0) is 14.6. The Morgan fingerprint density at radius 3 is 2.40 bits per heavy atom. The number of carbonyl (C=O) groups is 1. The maximum atomic E-state index is 12.8. The van der Waals surface area contributed by atoms with Crippen molar-refractivity contribution in [3.05, 3.63) is 0 Å². The average Bonchev–Trinajstić information content (AvgIpc) is 2.48. The van der Waals surface area contributed by atoms with Crippen molar-refractivity contribution >= 4 is 16.0 Å². The fourth-order valence-corrected chi connectivity index (χ4v) is 5.48. The van der Waals surface area contributed by atoms with E-state index in [0.29, 0.717) is 19.6 Å². The molecule has 1 saturated heterocycles. The second-order valence-electron chi connectivity index (χ2n) is 5.68. The summed E-state index contributed by atoms with van der Waals surface area (Å²) in [6.07, 6.45) is 6.84. The number of esters is 1. The minimum absolute atomic E-state index is 0.298. The third-order valence-corrected chi connectivity index (χ3v) is 6.72. The molecule has 6 heteroatoms. The molecule has 1 atom stereocenters. The van der Waals surface area contributed by atoms with E-state index in [-0.39, 0.29) is 11.2 Å². The van der Waals surface area contributed by atoms with E-state index in [9.17, 15) is 13.2 Å². The highest BCUT2D eigenvalue weighted by molar-refractivity contribution is 7.89. The first-order chi connectivity index (χ1) is 9.57. The van der Waals surface area contributed by atoms with Crippen LogP contribution in [0.15, 0.2) is 0 Å². The molecule has 1 saturated carbocycles. The fourth-order valence-electron chi connectivity index (χ4n) is 3.24. The molecule has 1 aliphatic carbocycles. The van der Waals surface area contributed by atoms with Crippen molar-refractivity contribution in [2.75, 3.05) is 13.2 Å². The highest BCUT2D eigenvalue weighted by Gasteiger charge is 2.41. The monoisotopic (exact) mass is 303 g/mol. The van der Waals surface area contributed by atoms with E-state index in [1.54, 1.807) is 6.92 Å². The van der Waals surface area contributed by atoms with Crippen LogP contribution in [0, 0.1) is 0 Å². The molecule has 0 spiro atoms. The number of hydrogen-bond donors (Lipinski definition) is 0. The Hall–Kier alpha value is -0.620. The first-order valence-corrected chi connectivity index (χ1v) is 9.25. The molecule has 5 nitrogen and oxygen atoms in total. The molecule has 1 aliphatic heterocycles. The van der Waals surface area contributed by atoms with E-state index in [2.05, 4.69) is 0 Å². The smallest absolute Gasteiger partial charge is 0.324 e. The molecular weight excluding hydrogens is 278 g/mol. The van der Waals surface area contributed by atoms with Gasteiger partial charge in [0.2, 0.25) is 10.0 Å². The van der Waals surface area contributed by atoms with Crippen LogP contribution in [0.5, 0.6) is 0 Å². The lowest BCUT2D eigenvalue weighted by Crippen LogP contribution is -2.51. The van der Waals surface area contributed by atoms with Crippen LogP contribution in [-0.4, -0.2) is 43.1 Å². The Morgan fingerprint density at radius 2 is 1.75 bits per heavy atom. The van der Waals surface area contributed by atoms with Crippen molar-refractivity contribution in [2.45, 2.75) is 69.6 Å². The number of carbonyl (C=O) groups excluding carboxylic acids is 1. The molecular formula is C14H25NO4S. The van der Waals surface area contributed by atoms with Gasteiger partial charge in [-0.2, -0.15) is 4.31 Å². The zero-order valence-corrected chi connectivity index (χ0v) is 13.0. The molecule has 2 fully saturated rings. The summed E-state index contributed by atoms with van der Waals surface area (Å²) < 4.78 is 32.0. The molecule has 2 aliphatic rings. The van der Waals surface area contributed by atoms with Crippen molar-refractivity contribution < 1.29 is 17.9 Å². The zero-order valence-electron chi connectivity index (χ0n) is 12.2. The molecule has 0 bridgehead atoms. The normalized spacial score (nSPS) is 26.4. The first-order valence-electron chi connectivity index (χ1n) is 7.74. The van der Waals surface area contributed by atoms with Gasteiger partial charge in [0.25, 0.3) is 0 Å². The van der Waals surface area contributed by atoms with Crippen molar-refractivity contribution in [2.24, 2.45) is 0 Å². The van der Waals surface area contributed by atoms with Gasteiger partial charge in [-0.15, -0.1) is 0 Å². The van der Waals surface area contributed by atoms with Gasteiger partial charge in [0, 0.05) is 6.54 Å². The van der Waals surface area contributed by atoms with Crippen LogP contribution in [0.4, 0.5) is 0 Å². The summed E-state index contributed by atoms with van der Waals surface area (Å²) in [4.78, 5) is 12.0. The van der Waals surface area contributed by atoms with E-state index >= 15 is 0 Å². The van der Waals surface area contributed by atoms with Crippen LogP contribution in [0.2, 0.25) is 0 Å². The lowest BCUT2D eigenvalue weighted by Gasteiger charge is -2.36. The van der Waals surface area contributed by atoms with Crippen LogP contribution in [0.1, 0.15) is 58.3 Å². The predicted molar refractivity (Wildman–Crippen MR) is 76.8 cm³/mol. The lowest BCUT2D eigenvalue weighted by atomic mass is 10.0. The van der Waals surface area contributed by atoms with Gasteiger partial charge in [-0.25, -0.2) is 8.42 Å². The molecule has 0 amide bonds. The molecule has 0 aromatic rings. The largest absolute Gasteiger partial charge is 0.465 e. The number of hydrogen-bond acceptors (Lipinski definition) is 4. The van der Waals surface area contributed by atoms with E-state index in [1.165, 1.54) is 4.31 Å². The minimum Gasteiger partial charge on any atom is -0.465 e. The molecule has 20 heavy (non-hydrogen) atoms. The van der Waals surface area contributed by atoms with Crippen molar-refractivity contribution in [3.63, 3.8) is 0 Å². The second kappa shape index (κ2) is 6.89. The average molecular weight is 303 g/mol. The Morgan fingerprint density at radius 1 is 1.10 bits per heavy atom. The van der Waals surface area contributed by atoms with Gasteiger partial charge in [0.15, 0.2) is 0 Å². The van der Waals surface area contributed by atoms with Crippen LogP contribution in [0.3, 0.4) is 0 Å². The van der Waals surface area contributed by atoms with Gasteiger partial charge in [0.1, 0.15) is 6.04 Å². The van der Waals surface area contributed by atoms with Crippen LogP contribution in [-0.2, 0) is 19.6 Å². The summed E-state index contributed by atoms with van der Waals surface area (Å²) in [6.45, 7) is 2.51. The summed E-state index contributed by atoms with van der Waals surface area (Å²) in [5, 5.41) is -0.300. The first kappa shape index (κ1) is 15.8. The van der Waals surface area contributed by atoms with E-state index in [1.807, 2.05) is 0 Å². The number of ether oxygens (including phenoxy) is 1. The highest BCUT2D eigenvalue weighted by Crippen LogP contribution is 2.30. The Kier molecular flexibility index (Phi) is 5.43. The third kappa shape index (κ3) is 3.34. The third-order valence-electron chi connectivity index (χ3n) is 4.31. The minimum atomic E-state index is -3.37. The number of piperidine rings is 1. The quantitative estimate of drug-likeness (QED) is 0.746. The molecule has 1 unspecified atom stereocenters. The fraction of sp³-hybridized carbons (Fsp3) is 0.929. The van der Waals surface area contributed by atoms with Crippen molar-refractivity contribution in [1.82, 2.24) is 4.31 Å². The van der Waals surface area contributed by atoms with Gasteiger partial charge in [-0.3, -0.25) is 4.79 Å². The maximum absolute atomic E-state index is 12.8. The lowest BCUT2D eigenvalue weighted by molar-refractivity contribution is -0.148. The Bertz CT molecular complexity index is 428. The molecule has 1 heterocycles. The number of nitrogens with zero attached hydrogens (tertiary/aromatic N) is 1. The van der Waals surface area contributed by atoms with Gasteiger partial charge in [0.05, 0.1) is 11.9 Å². The Balaban J connectivity index is 2.15. The topological polar surface area (TPSA) is 63.7 Å². The van der Waals surface area contributed by atoms with Gasteiger partial charge >= 0.3 is 5.97 Å². The Labute approximate surface area is 121 Å².